The third-order valence-electron chi connectivity index (χ3n) is 4.73. The number of hydrazine groups is 1. The third-order valence-corrected chi connectivity index (χ3v) is 5.26. The molecular weight excluding hydrogens is 432 g/mol. The second-order valence-electron chi connectivity index (χ2n) is 6.90. The van der Waals surface area contributed by atoms with Crippen LogP contribution in [-0.2, 0) is 4.79 Å². The van der Waals surface area contributed by atoms with Gasteiger partial charge in [0.25, 0.3) is 11.8 Å². The zero-order valence-corrected chi connectivity index (χ0v) is 17.8. The van der Waals surface area contributed by atoms with Crippen LogP contribution in [0.25, 0.3) is 6.08 Å². The Hall–Kier alpha value is -2.48. The van der Waals surface area contributed by atoms with E-state index < -0.39 is 0 Å². The summed E-state index contributed by atoms with van der Waals surface area (Å²) >= 11 is 3.33. The van der Waals surface area contributed by atoms with Crippen LogP contribution in [0.3, 0.4) is 0 Å². The summed E-state index contributed by atoms with van der Waals surface area (Å²) in [7, 11) is 0. The van der Waals surface area contributed by atoms with Crippen molar-refractivity contribution in [3.05, 3.63) is 76.3 Å². The van der Waals surface area contributed by atoms with Crippen LogP contribution in [0.4, 0.5) is 0 Å². The van der Waals surface area contributed by atoms with Gasteiger partial charge in [-0.2, -0.15) is 0 Å². The number of halogens is 1. The molecule has 2 aromatic carbocycles. The lowest BCUT2D eigenvalue weighted by atomic mass is 10.2. The first-order chi connectivity index (χ1) is 14.1. The van der Waals surface area contributed by atoms with Gasteiger partial charge in [0.15, 0.2) is 0 Å². The van der Waals surface area contributed by atoms with Crippen LogP contribution in [0.15, 0.2) is 65.1 Å². The van der Waals surface area contributed by atoms with E-state index in [0.29, 0.717) is 5.56 Å². The molecule has 0 atom stereocenters. The lowest BCUT2D eigenvalue weighted by Gasteiger charge is -2.33. The molecule has 3 rings (SSSR count). The molecular formula is C22H25BrN4O2. The molecule has 2 aromatic rings. The van der Waals surface area contributed by atoms with Crippen molar-refractivity contribution in [2.24, 2.45) is 0 Å². The van der Waals surface area contributed by atoms with Gasteiger partial charge in [-0.1, -0.05) is 58.4 Å². The second-order valence-corrected chi connectivity index (χ2v) is 7.81. The quantitative estimate of drug-likeness (QED) is 0.655. The molecule has 0 aliphatic carbocycles. The van der Waals surface area contributed by atoms with E-state index in [-0.39, 0.29) is 18.4 Å². The first-order valence-electron chi connectivity index (χ1n) is 9.61. The first kappa shape index (κ1) is 21.2. The molecule has 1 aliphatic rings. The molecule has 1 aliphatic heterocycles. The maximum absolute atomic E-state index is 12.1. The number of piperazine rings is 1. The van der Waals surface area contributed by atoms with Crippen molar-refractivity contribution >= 4 is 33.8 Å². The number of carbonyl (C=O) groups excluding carboxylic acids is 2. The minimum absolute atomic E-state index is 0.215. The zero-order chi connectivity index (χ0) is 20.5. The summed E-state index contributed by atoms with van der Waals surface area (Å²) in [5.74, 6) is -0.547. The van der Waals surface area contributed by atoms with Crippen LogP contribution in [0.2, 0.25) is 0 Å². The fraction of sp³-hybridized carbons (Fsp3) is 0.273. The van der Waals surface area contributed by atoms with Crippen LogP contribution in [0.1, 0.15) is 15.9 Å². The summed E-state index contributed by atoms with van der Waals surface area (Å²) in [6.07, 6.45) is 4.31. The van der Waals surface area contributed by atoms with E-state index in [2.05, 4.69) is 60.9 Å². The molecule has 0 unspecified atom stereocenters. The summed E-state index contributed by atoms with van der Waals surface area (Å²) in [4.78, 5) is 28.6. The van der Waals surface area contributed by atoms with Gasteiger partial charge in [0, 0.05) is 42.8 Å². The van der Waals surface area contributed by atoms with E-state index in [4.69, 9.17) is 0 Å². The number of carbonyl (C=O) groups is 2. The molecule has 29 heavy (non-hydrogen) atoms. The number of rotatable bonds is 6. The molecule has 0 radical (unpaired) electrons. The Morgan fingerprint density at radius 1 is 0.897 bits per heavy atom. The van der Waals surface area contributed by atoms with Crippen LogP contribution < -0.4 is 10.9 Å². The van der Waals surface area contributed by atoms with Gasteiger partial charge in [-0.15, -0.1) is 0 Å². The van der Waals surface area contributed by atoms with Gasteiger partial charge in [-0.3, -0.25) is 30.2 Å². The third kappa shape index (κ3) is 7.12. The van der Waals surface area contributed by atoms with Gasteiger partial charge >= 0.3 is 0 Å². The number of benzene rings is 2. The Morgan fingerprint density at radius 3 is 2.24 bits per heavy atom. The van der Waals surface area contributed by atoms with E-state index in [1.54, 1.807) is 24.3 Å². The summed E-state index contributed by atoms with van der Waals surface area (Å²) < 4.78 is 0.896. The van der Waals surface area contributed by atoms with E-state index >= 15 is 0 Å². The number of amides is 2. The fourth-order valence-corrected chi connectivity index (χ4v) is 3.34. The van der Waals surface area contributed by atoms with Crippen LogP contribution in [0.5, 0.6) is 0 Å². The highest BCUT2D eigenvalue weighted by atomic mass is 79.9. The fourth-order valence-electron chi connectivity index (χ4n) is 3.07. The summed E-state index contributed by atoms with van der Waals surface area (Å²) in [6.45, 7) is 4.66. The predicted molar refractivity (Wildman–Crippen MR) is 118 cm³/mol. The Bertz CT molecular complexity index is 832. The maximum atomic E-state index is 12.1. The Morgan fingerprint density at radius 2 is 1.55 bits per heavy atom. The molecule has 1 heterocycles. The molecule has 1 saturated heterocycles. The minimum Gasteiger partial charge on any atom is -0.297 e. The number of hydrogen-bond donors (Lipinski definition) is 2. The lowest BCUT2D eigenvalue weighted by molar-refractivity contribution is -0.123. The van der Waals surface area contributed by atoms with Crippen LogP contribution >= 0.6 is 15.9 Å². The largest absolute Gasteiger partial charge is 0.297 e. The van der Waals surface area contributed by atoms with Crippen molar-refractivity contribution in [2.75, 3.05) is 39.3 Å². The minimum atomic E-state index is -0.333. The van der Waals surface area contributed by atoms with Crippen molar-refractivity contribution in [3.63, 3.8) is 0 Å². The lowest BCUT2D eigenvalue weighted by Crippen LogP contribution is -2.51. The number of nitrogens with one attached hydrogen (secondary N) is 2. The number of nitrogens with zero attached hydrogens (tertiary/aromatic N) is 2. The molecule has 2 amide bonds. The van der Waals surface area contributed by atoms with E-state index in [0.717, 1.165) is 37.2 Å². The molecule has 0 saturated carbocycles. The summed E-state index contributed by atoms with van der Waals surface area (Å²) in [6, 6.07) is 17.2. The molecule has 0 aromatic heterocycles. The molecule has 0 bridgehead atoms. The van der Waals surface area contributed by atoms with Crippen molar-refractivity contribution in [1.29, 1.82) is 0 Å². The SMILES string of the molecule is O=C(CN1CCN(CC=Cc2ccccc2)CC1)NNC(=O)c1ccc(Br)cc1. The van der Waals surface area contributed by atoms with Crippen molar-refractivity contribution in [3.8, 4) is 0 Å². The first-order valence-corrected chi connectivity index (χ1v) is 10.4. The van der Waals surface area contributed by atoms with E-state index in [9.17, 15) is 9.59 Å². The second kappa shape index (κ2) is 10.9. The predicted octanol–water partition coefficient (Wildman–Crippen LogP) is 2.54. The van der Waals surface area contributed by atoms with Crippen molar-refractivity contribution < 1.29 is 9.59 Å². The Kier molecular flexibility index (Phi) is 7.98. The Labute approximate surface area is 179 Å². The average molecular weight is 457 g/mol. The van der Waals surface area contributed by atoms with Crippen LogP contribution in [-0.4, -0.2) is 60.9 Å². The molecule has 0 spiro atoms. The smallest absolute Gasteiger partial charge is 0.269 e. The summed E-state index contributed by atoms with van der Waals surface area (Å²) in [5, 5.41) is 0. The van der Waals surface area contributed by atoms with Crippen LogP contribution in [0, 0.1) is 0 Å². The van der Waals surface area contributed by atoms with Gasteiger partial charge in [0.1, 0.15) is 0 Å². The highest BCUT2D eigenvalue weighted by molar-refractivity contribution is 9.10. The standard InChI is InChI=1S/C22H25BrN4O2/c23-20-10-8-19(9-11-20)22(29)25-24-21(28)17-27-15-13-26(14-16-27)12-4-7-18-5-2-1-3-6-18/h1-11H,12-17H2,(H,24,28)(H,25,29). The Balaban J connectivity index is 1.33. The normalized spacial score (nSPS) is 15.3. The van der Waals surface area contributed by atoms with Gasteiger partial charge in [0.05, 0.1) is 6.54 Å². The number of hydrogen-bond acceptors (Lipinski definition) is 4. The monoisotopic (exact) mass is 456 g/mol. The average Bonchev–Trinajstić information content (AvgIpc) is 2.74. The van der Waals surface area contributed by atoms with E-state index in [1.807, 2.05) is 18.2 Å². The zero-order valence-electron chi connectivity index (χ0n) is 16.2. The highest BCUT2D eigenvalue weighted by Crippen LogP contribution is 2.10. The van der Waals surface area contributed by atoms with Gasteiger partial charge in [0.2, 0.25) is 0 Å². The summed E-state index contributed by atoms with van der Waals surface area (Å²) in [5.41, 5.74) is 6.64. The van der Waals surface area contributed by atoms with Gasteiger partial charge < -0.3 is 0 Å². The molecule has 7 heteroatoms. The highest BCUT2D eigenvalue weighted by Gasteiger charge is 2.18. The molecule has 152 valence electrons. The van der Waals surface area contributed by atoms with E-state index in [1.165, 1.54) is 5.56 Å². The van der Waals surface area contributed by atoms with Crippen molar-refractivity contribution in [2.45, 2.75) is 0 Å². The van der Waals surface area contributed by atoms with Crippen molar-refractivity contribution in [1.82, 2.24) is 20.7 Å². The van der Waals surface area contributed by atoms with Gasteiger partial charge in [-0.05, 0) is 29.8 Å². The molecule has 1 fully saturated rings. The molecule has 6 nitrogen and oxygen atoms in total. The maximum Gasteiger partial charge on any atom is 0.269 e. The molecule has 2 N–H and O–H groups in total. The topological polar surface area (TPSA) is 64.7 Å². The van der Waals surface area contributed by atoms with Gasteiger partial charge in [-0.25, -0.2) is 0 Å².